The lowest BCUT2D eigenvalue weighted by Crippen LogP contribution is -2.16. The highest BCUT2D eigenvalue weighted by molar-refractivity contribution is 5.29. The Morgan fingerprint density at radius 3 is 2.24 bits per heavy atom. The zero-order valence-corrected chi connectivity index (χ0v) is 15.3. The predicted octanol–water partition coefficient (Wildman–Crippen LogP) is 7.26. The molecule has 1 aliphatic rings. The van der Waals surface area contributed by atoms with Crippen molar-refractivity contribution in [3.63, 3.8) is 0 Å². The molecule has 4 heteroatoms. The molecule has 0 aromatic heterocycles. The van der Waals surface area contributed by atoms with Gasteiger partial charge in [-0.1, -0.05) is 38.3 Å². The quantitative estimate of drug-likeness (QED) is 0.423. The van der Waals surface area contributed by atoms with Gasteiger partial charge in [-0.2, -0.15) is 13.2 Å². The van der Waals surface area contributed by atoms with Crippen LogP contribution in [-0.4, -0.2) is 12.8 Å². The third kappa shape index (κ3) is 7.70. The molecule has 0 unspecified atom stereocenters. The Bertz CT molecular complexity index is 473. The van der Waals surface area contributed by atoms with E-state index >= 15 is 0 Å². The molecule has 1 fully saturated rings. The number of unbranched alkanes of at least 4 members (excludes halogenated alkanes) is 3. The van der Waals surface area contributed by atoms with Crippen LogP contribution in [0.25, 0.3) is 0 Å². The first-order valence-corrected chi connectivity index (χ1v) is 9.77. The molecule has 2 rings (SSSR count). The molecule has 1 aromatic rings. The van der Waals surface area contributed by atoms with Gasteiger partial charge in [0.05, 0.1) is 6.61 Å². The highest BCUT2D eigenvalue weighted by atomic mass is 19.4. The summed E-state index contributed by atoms with van der Waals surface area (Å²) in [5, 5.41) is 0. The molecular formula is C21H31F3O. The first kappa shape index (κ1) is 20.1. The molecule has 1 nitrogen and oxygen atoms in total. The molecule has 1 aromatic carbocycles. The van der Waals surface area contributed by atoms with Gasteiger partial charge in [-0.25, -0.2) is 0 Å². The summed E-state index contributed by atoms with van der Waals surface area (Å²) >= 11 is 0. The van der Waals surface area contributed by atoms with Crippen molar-refractivity contribution in [3.8, 4) is 5.75 Å². The van der Waals surface area contributed by atoms with E-state index in [1.165, 1.54) is 24.8 Å². The Morgan fingerprint density at radius 2 is 1.64 bits per heavy atom. The standard InChI is InChI=1S/C21H31F3O/c1-2-3-4-5-16-25-20-12-10-19(11-13-20)18-8-6-17(7-9-18)14-15-21(22,23)24/h10-13,17-18H,2-9,14-16H2,1H3/t17-,18-. The fourth-order valence-corrected chi connectivity index (χ4v) is 3.71. The molecule has 0 spiro atoms. The van der Waals surface area contributed by atoms with Gasteiger partial charge >= 0.3 is 6.18 Å². The van der Waals surface area contributed by atoms with E-state index in [4.69, 9.17) is 4.74 Å². The molecule has 0 amide bonds. The van der Waals surface area contributed by atoms with Crippen molar-refractivity contribution in [2.45, 2.75) is 83.2 Å². The maximum Gasteiger partial charge on any atom is 0.389 e. The van der Waals surface area contributed by atoms with Crippen LogP contribution in [0.2, 0.25) is 0 Å². The SMILES string of the molecule is CCCCCCOc1ccc([C@H]2CC[C@H](CCC(F)(F)F)CC2)cc1. The van der Waals surface area contributed by atoms with Crippen molar-refractivity contribution in [2.24, 2.45) is 5.92 Å². The van der Waals surface area contributed by atoms with Gasteiger partial charge in [-0.3, -0.25) is 0 Å². The Kier molecular flexibility index (Phi) is 8.11. The second-order valence-electron chi connectivity index (χ2n) is 7.35. The highest BCUT2D eigenvalue weighted by Crippen LogP contribution is 2.39. The average Bonchev–Trinajstić information content (AvgIpc) is 2.60. The van der Waals surface area contributed by atoms with Gasteiger partial charge < -0.3 is 4.74 Å². The maximum absolute atomic E-state index is 12.3. The number of hydrogen-bond donors (Lipinski definition) is 0. The largest absolute Gasteiger partial charge is 0.494 e. The van der Waals surface area contributed by atoms with E-state index in [2.05, 4.69) is 19.1 Å². The Labute approximate surface area is 150 Å². The number of rotatable bonds is 9. The first-order chi connectivity index (χ1) is 12.0. The molecule has 1 aliphatic carbocycles. The second-order valence-corrected chi connectivity index (χ2v) is 7.35. The van der Waals surface area contributed by atoms with Gasteiger partial charge in [0.2, 0.25) is 0 Å². The first-order valence-electron chi connectivity index (χ1n) is 9.77. The van der Waals surface area contributed by atoms with Crippen LogP contribution in [0, 0.1) is 5.92 Å². The number of halogens is 3. The minimum absolute atomic E-state index is 0.239. The van der Waals surface area contributed by atoms with Crippen molar-refractivity contribution in [1.29, 1.82) is 0 Å². The minimum atomic E-state index is -4.01. The second kappa shape index (κ2) is 10.1. The van der Waals surface area contributed by atoms with Gasteiger partial charge in [-0.05, 0) is 68.1 Å². The van der Waals surface area contributed by atoms with Crippen LogP contribution in [0.15, 0.2) is 24.3 Å². The third-order valence-corrected chi connectivity index (χ3v) is 5.30. The molecule has 0 radical (unpaired) electrons. The highest BCUT2D eigenvalue weighted by Gasteiger charge is 2.30. The summed E-state index contributed by atoms with van der Waals surface area (Å²) in [6.07, 6.45) is 4.27. The zero-order chi connectivity index (χ0) is 18.1. The Balaban J connectivity index is 1.70. The van der Waals surface area contributed by atoms with E-state index in [1.54, 1.807) is 0 Å². The van der Waals surface area contributed by atoms with E-state index in [-0.39, 0.29) is 5.92 Å². The lowest BCUT2D eigenvalue weighted by atomic mass is 9.77. The fraction of sp³-hybridized carbons (Fsp3) is 0.714. The lowest BCUT2D eigenvalue weighted by molar-refractivity contribution is -0.138. The molecule has 0 heterocycles. The van der Waals surface area contributed by atoms with Crippen molar-refractivity contribution < 1.29 is 17.9 Å². The third-order valence-electron chi connectivity index (χ3n) is 5.30. The van der Waals surface area contributed by atoms with Crippen LogP contribution >= 0.6 is 0 Å². The van der Waals surface area contributed by atoms with E-state index in [0.717, 1.165) is 44.5 Å². The molecule has 0 bridgehead atoms. The van der Waals surface area contributed by atoms with Crippen molar-refractivity contribution in [3.05, 3.63) is 29.8 Å². The van der Waals surface area contributed by atoms with Crippen molar-refractivity contribution in [2.75, 3.05) is 6.61 Å². The number of hydrogen-bond acceptors (Lipinski definition) is 1. The van der Waals surface area contributed by atoms with Crippen LogP contribution < -0.4 is 4.74 Å². The van der Waals surface area contributed by atoms with Crippen LogP contribution in [-0.2, 0) is 0 Å². The van der Waals surface area contributed by atoms with Crippen molar-refractivity contribution in [1.82, 2.24) is 0 Å². The lowest BCUT2D eigenvalue weighted by Gasteiger charge is -2.29. The number of benzene rings is 1. The van der Waals surface area contributed by atoms with Crippen LogP contribution in [0.3, 0.4) is 0 Å². The minimum Gasteiger partial charge on any atom is -0.494 e. The zero-order valence-electron chi connectivity index (χ0n) is 15.3. The van der Waals surface area contributed by atoms with E-state index in [9.17, 15) is 13.2 Å². The molecule has 25 heavy (non-hydrogen) atoms. The summed E-state index contributed by atoms with van der Waals surface area (Å²) in [5.41, 5.74) is 1.30. The van der Waals surface area contributed by atoms with E-state index < -0.39 is 12.6 Å². The van der Waals surface area contributed by atoms with Gasteiger partial charge in [0.25, 0.3) is 0 Å². The van der Waals surface area contributed by atoms with Gasteiger partial charge in [-0.15, -0.1) is 0 Å². The van der Waals surface area contributed by atoms with Crippen LogP contribution in [0.4, 0.5) is 13.2 Å². The molecule has 0 atom stereocenters. The monoisotopic (exact) mass is 356 g/mol. The summed E-state index contributed by atoms with van der Waals surface area (Å²) in [7, 11) is 0. The van der Waals surface area contributed by atoms with Crippen LogP contribution in [0.5, 0.6) is 5.75 Å². The van der Waals surface area contributed by atoms with Crippen LogP contribution in [0.1, 0.15) is 82.6 Å². The summed E-state index contributed by atoms with van der Waals surface area (Å²) in [5.74, 6) is 1.64. The van der Waals surface area contributed by atoms with Crippen molar-refractivity contribution >= 4 is 0 Å². The number of alkyl halides is 3. The Hall–Kier alpha value is -1.19. The summed E-state index contributed by atoms with van der Waals surface area (Å²) < 4.78 is 42.8. The molecule has 0 saturated heterocycles. The topological polar surface area (TPSA) is 9.23 Å². The van der Waals surface area contributed by atoms with E-state index in [1.807, 2.05) is 12.1 Å². The van der Waals surface area contributed by atoms with Gasteiger partial charge in [0.1, 0.15) is 5.75 Å². The molecule has 0 N–H and O–H groups in total. The average molecular weight is 356 g/mol. The summed E-state index contributed by atoms with van der Waals surface area (Å²) in [6, 6.07) is 8.32. The predicted molar refractivity (Wildman–Crippen MR) is 96.1 cm³/mol. The molecule has 1 saturated carbocycles. The fourth-order valence-electron chi connectivity index (χ4n) is 3.71. The van der Waals surface area contributed by atoms with Gasteiger partial charge in [0, 0.05) is 6.42 Å². The van der Waals surface area contributed by atoms with E-state index in [0.29, 0.717) is 12.3 Å². The summed E-state index contributed by atoms with van der Waals surface area (Å²) in [4.78, 5) is 0. The molecule has 0 aliphatic heterocycles. The maximum atomic E-state index is 12.3. The summed E-state index contributed by atoms with van der Waals surface area (Å²) in [6.45, 7) is 2.97. The Morgan fingerprint density at radius 1 is 0.960 bits per heavy atom. The normalized spacial score (nSPS) is 21.3. The smallest absolute Gasteiger partial charge is 0.389 e. The number of ether oxygens (including phenoxy) is 1. The van der Waals surface area contributed by atoms with Gasteiger partial charge in [0.15, 0.2) is 0 Å². The molecule has 142 valence electrons. The molecular weight excluding hydrogens is 325 g/mol.